The molecule has 1 heterocycles. The molecule has 1 fully saturated rings. The van der Waals surface area contributed by atoms with Crippen LogP contribution >= 0.6 is 0 Å². The Morgan fingerprint density at radius 2 is 2.17 bits per heavy atom. The highest BCUT2D eigenvalue weighted by molar-refractivity contribution is 5.75. The highest BCUT2D eigenvalue weighted by atomic mass is 16.2. The highest BCUT2D eigenvalue weighted by Gasteiger charge is 2.25. The summed E-state index contributed by atoms with van der Waals surface area (Å²) in [6.07, 6.45) is 2.14. The van der Waals surface area contributed by atoms with E-state index in [-0.39, 0.29) is 6.03 Å². The van der Waals surface area contributed by atoms with Gasteiger partial charge in [0.1, 0.15) is 0 Å². The lowest BCUT2D eigenvalue weighted by atomic mass is 10.2. The number of nitrogens with zero attached hydrogens (tertiary/aromatic N) is 2. The molecule has 0 aromatic rings. The van der Waals surface area contributed by atoms with Crippen LogP contribution in [0.1, 0.15) is 26.7 Å². The van der Waals surface area contributed by atoms with E-state index in [9.17, 15) is 4.79 Å². The second-order valence-corrected chi connectivity index (χ2v) is 3.51. The summed E-state index contributed by atoms with van der Waals surface area (Å²) in [4.78, 5) is 15.3. The lowest BCUT2D eigenvalue weighted by molar-refractivity contribution is 0.121. The van der Waals surface area contributed by atoms with Crippen LogP contribution in [-0.2, 0) is 0 Å². The Labute approximate surface area is 74.3 Å². The SMILES string of the molecule is CCC(C)N1CCCN(C)C1=O. The summed E-state index contributed by atoms with van der Waals surface area (Å²) in [5.74, 6) is 0. The largest absolute Gasteiger partial charge is 0.328 e. The molecule has 0 aliphatic carbocycles. The number of carbonyl (C=O) groups is 1. The first-order valence-corrected chi connectivity index (χ1v) is 4.68. The van der Waals surface area contributed by atoms with Crippen molar-refractivity contribution in [3.8, 4) is 0 Å². The Balaban J connectivity index is 2.57. The van der Waals surface area contributed by atoms with Crippen molar-refractivity contribution in [2.24, 2.45) is 0 Å². The van der Waals surface area contributed by atoms with Gasteiger partial charge in [-0.3, -0.25) is 0 Å². The number of hydrogen-bond acceptors (Lipinski definition) is 1. The van der Waals surface area contributed by atoms with Gasteiger partial charge in [0.25, 0.3) is 0 Å². The summed E-state index contributed by atoms with van der Waals surface area (Å²) in [5, 5.41) is 0. The molecule has 1 aliphatic rings. The maximum absolute atomic E-state index is 11.6. The second-order valence-electron chi connectivity index (χ2n) is 3.51. The molecule has 1 aliphatic heterocycles. The average Bonchev–Trinajstić information content (AvgIpc) is 2.08. The van der Waals surface area contributed by atoms with Gasteiger partial charge in [-0.1, -0.05) is 6.92 Å². The summed E-state index contributed by atoms with van der Waals surface area (Å²) in [5.41, 5.74) is 0. The minimum absolute atomic E-state index is 0.190. The molecule has 12 heavy (non-hydrogen) atoms. The Morgan fingerprint density at radius 1 is 1.50 bits per heavy atom. The fourth-order valence-electron chi connectivity index (χ4n) is 1.52. The molecule has 0 bridgehead atoms. The van der Waals surface area contributed by atoms with Gasteiger partial charge in [-0.25, -0.2) is 4.79 Å². The molecule has 0 radical (unpaired) electrons. The van der Waals surface area contributed by atoms with Crippen LogP contribution in [0, 0.1) is 0 Å². The number of rotatable bonds is 2. The van der Waals surface area contributed by atoms with Gasteiger partial charge >= 0.3 is 6.03 Å². The molecule has 1 atom stereocenters. The van der Waals surface area contributed by atoms with E-state index in [2.05, 4.69) is 13.8 Å². The molecule has 2 amide bonds. The Morgan fingerprint density at radius 3 is 2.75 bits per heavy atom. The van der Waals surface area contributed by atoms with E-state index in [1.807, 2.05) is 11.9 Å². The van der Waals surface area contributed by atoms with Crippen molar-refractivity contribution in [1.82, 2.24) is 9.80 Å². The van der Waals surface area contributed by atoms with Gasteiger partial charge in [-0.05, 0) is 19.8 Å². The zero-order valence-electron chi connectivity index (χ0n) is 8.21. The molecule has 1 rings (SSSR count). The van der Waals surface area contributed by atoms with Gasteiger partial charge in [0.05, 0.1) is 0 Å². The molecule has 0 saturated carbocycles. The van der Waals surface area contributed by atoms with Crippen molar-refractivity contribution in [2.75, 3.05) is 20.1 Å². The van der Waals surface area contributed by atoms with Gasteiger partial charge in [-0.15, -0.1) is 0 Å². The first kappa shape index (κ1) is 9.36. The van der Waals surface area contributed by atoms with Crippen LogP contribution in [-0.4, -0.2) is 42.0 Å². The lowest BCUT2D eigenvalue weighted by Crippen LogP contribution is -2.50. The molecular weight excluding hydrogens is 152 g/mol. The van der Waals surface area contributed by atoms with Gasteiger partial charge in [-0.2, -0.15) is 0 Å². The highest BCUT2D eigenvalue weighted by Crippen LogP contribution is 2.12. The Bertz CT molecular complexity index is 170. The predicted molar refractivity (Wildman–Crippen MR) is 49.1 cm³/mol. The maximum Gasteiger partial charge on any atom is 0.319 e. The molecule has 1 saturated heterocycles. The first-order valence-electron chi connectivity index (χ1n) is 4.68. The third kappa shape index (κ3) is 1.71. The van der Waals surface area contributed by atoms with E-state index in [4.69, 9.17) is 0 Å². The zero-order valence-corrected chi connectivity index (χ0v) is 8.21. The van der Waals surface area contributed by atoms with E-state index < -0.39 is 0 Å². The quantitative estimate of drug-likeness (QED) is 0.616. The molecule has 3 nitrogen and oxygen atoms in total. The van der Waals surface area contributed by atoms with Gasteiger partial charge in [0.15, 0.2) is 0 Å². The second kappa shape index (κ2) is 3.78. The molecule has 0 spiro atoms. The maximum atomic E-state index is 11.6. The molecular formula is C9H18N2O. The van der Waals surface area contributed by atoms with Crippen LogP contribution in [0.15, 0.2) is 0 Å². The minimum Gasteiger partial charge on any atom is -0.328 e. The van der Waals surface area contributed by atoms with E-state index >= 15 is 0 Å². The summed E-state index contributed by atoms with van der Waals surface area (Å²) < 4.78 is 0. The fraction of sp³-hybridized carbons (Fsp3) is 0.889. The minimum atomic E-state index is 0.190. The summed E-state index contributed by atoms with van der Waals surface area (Å²) in [6.45, 7) is 6.06. The van der Waals surface area contributed by atoms with Crippen LogP contribution in [0.3, 0.4) is 0 Å². The van der Waals surface area contributed by atoms with Crippen molar-refractivity contribution in [2.45, 2.75) is 32.7 Å². The lowest BCUT2D eigenvalue weighted by Gasteiger charge is -2.36. The van der Waals surface area contributed by atoms with Gasteiger partial charge in [0.2, 0.25) is 0 Å². The van der Waals surface area contributed by atoms with E-state index in [1.165, 1.54) is 0 Å². The standard InChI is InChI=1S/C9H18N2O/c1-4-8(2)11-7-5-6-10(3)9(11)12/h8H,4-7H2,1-3H3. The summed E-state index contributed by atoms with van der Waals surface area (Å²) >= 11 is 0. The molecule has 70 valence electrons. The molecule has 0 N–H and O–H groups in total. The predicted octanol–water partition coefficient (Wildman–Crippen LogP) is 1.54. The number of urea groups is 1. The molecule has 1 unspecified atom stereocenters. The van der Waals surface area contributed by atoms with Crippen LogP contribution in [0.5, 0.6) is 0 Å². The van der Waals surface area contributed by atoms with Crippen molar-refractivity contribution >= 4 is 6.03 Å². The van der Waals surface area contributed by atoms with E-state index in [0.717, 1.165) is 25.9 Å². The topological polar surface area (TPSA) is 23.6 Å². The van der Waals surface area contributed by atoms with Crippen LogP contribution in [0.25, 0.3) is 0 Å². The number of hydrogen-bond donors (Lipinski definition) is 0. The van der Waals surface area contributed by atoms with Crippen molar-refractivity contribution < 1.29 is 4.79 Å². The Kier molecular flexibility index (Phi) is 2.95. The number of amides is 2. The summed E-state index contributed by atoms with van der Waals surface area (Å²) in [7, 11) is 1.87. The first-order chi connectivity index (χ1) is 5.66. The molecule has 0 aromatic heterocycles. The van der Waals surface area contributed by atoms with Gasteiger partial charge < -0.3 is 9.80 Å². The van der Waals surface area contributed by atoms with Crippen molar-refractivity contribution in [3.05, 3.63) is 0 Å². The van der Waals surface area contributed by atoms with Crippen molar-refractivity contribution in [1.29, 1.82) is 0 Å². The van der Waals surface area contributed by atoms with Crippen LogP contribution in [0.2, 0.25) is 0 Å². The van der Waals surface area contributed by atoms with E-state index in [0.29, 0.717) is 6.04 Å². The third-order valence-electron chi connectivity index (χ3n) is 2.59. The van der Waals surface area contributed by atoms with Crippen molar-refractivity contribution in [3.63, 3.8) is 0 Å². The smallest absolute Gasteiger partial charge is 0.319 e. The monoisotopic (exact) mass is 170 g/mol. The Hall–Kier alpha value is -0.730. The van der Waals surface area contributed by atoms with E-state index in [1.54, 1.807) is 4.90 Å². The summed E-state index contributed by atoms with van der Waals surface area (Å²) in [6, 6.07) is 0.579. The molecule has 3 heteroatoms. The molecule has 0 aromatic carbocycles. The van der Waals surface area contributed by atoms with Crippen LogP contribution < -0.4 is 0 Å². The van der Waals surface area contributed by atoms with Gasteiger partial charge in [0, 0.05) is 26.2 Å². The normalized spacial score (nSPS) is 21.4. The third-order valence-corrected chi connectivity index (χ3v) is 2.59. The fourth-order valence-corrected chi connectivity index (χ4v) is 1.52. The average molecular weight is 170 g/mol. The zero-order chi connectivity index (χ0) is 9.14. The number of carbonyl (C=O) groups excluding carboxylic acids is 1. The van der Waals surface area contributed by atoms with Crippen LogP contribution in [0.4, 0.5) is 4.79 Å².